The van der Waals surface area contributed by atoms with Gasteiger partial charge in [-0.05, 0) is 116 Å². The van der Waals surface area contributed by atoms with E-state index in [1.807, 2.05) is 30.3 Å². The third-order valence-electron chi connectivity index (χ3n) is 15.8. The molecule has 0 N–H and O–H groups in total. The summed E-state index contributed by atoms with van der Waals surface area (Å²) in [6, 6.07) is 9.31. The predicted octanol–water partition coefficient (Wildman–Crippen LogP) is 9.37. The Kier molecular flexibility index (Phi) is 8.93. The van der Waals surface area contributed by atoms with Crippen LogP contribution in [-0.2, 0) is 23.7 Å². The molecule has 0 radical (unpaired) electrons. The van der Waals surface area contributed by atoms with Gasteiger partial charge in [-0.25, -0.2) is 4.79 Å². The van der Waals surface area contributed by atoms with Crippen molar-refractivity contribution in [1.29, 1.82) is 0 Å². The summed E-state index contributed by atoms with van der Waals surface area (Å²) in [5.41, 5.74) is 2.72. The van der Waals surface area contributed by atoms with Crippen molar-refractivity contribution in [2.24, 2.45) is 58.2 Å². The van der Waals surface area contributed by atoms with Crippen molar-refractivity contribution in [1.82, 2.24) is 0 Å². The number of rotatable bonds is 5. The number of carbonyl (C=O) groups excluding carboxylic acids is 1. The van der Waals surface area contributed by atoms with Crippen molar-refractivity contribution in [3.8, 4) is 0 Å². The lowest BCUT2D eigenvalue weighted by molar-refractivity contribution is -0.285. The lowest BCUT2D eigenvalue weighted by Crippen LogP contribution is -2.54. The molecule has 4 unspecified atom stereocenters. The Balaban J connectivity index is 0.968. The normalized spacial score (nSPS) is 50.5. The van der Waals surface area contributed by atoms with Crippen LogP contribution in [0.3, 0.4) is 0 Å². The van der Waals surface area contributed by atoms with Gasteiger partial charge in [0.05, 0.1) is 30.5 Å². The number of carbonyl (C=O) groups is 1. The quantitative estimate of drug-likeness (QED) is 0.229. The number of benzene rings is 1. The van der Waals surface area contributed by atoms with Crippen LogP contribution in [0.25, 0.3) is 0 Å². The summed E-state index contributed by atoms with van der Waals surface area (Å²) in [7, 11) is 0. The minimum absolute atomic E-state index is 0.0697. The summed E-state index contributed by atoms with van der Waals surface area (Å²) in [5.74, 6) is 3.64. The molecule has 4 aliphatic carbocycles. The molecule has 0 amide bonds. The SMILES string of the molecule is CCC1O[C@@H](O[C@H]2CC[C@@]3(C)C(=CC[C@H]4[C@@H]5C[C@@H]6O[C@]7(CC[C@@H](C)CO7)[C@@H](C)[C@@H]6[C@@]5(C)CC[C@@H]43)C2)C(OC(=O)c2ccccc2)C(C)C1C. The average molecular weight is 675 g/mol. The first-order chi connectivity index (χ1) is 23.5. The molecular formula is C43H62O6. The van der Waals surface area contributed by atoms with Crippen LogP contribution in [0, 0.1) is 58.2 Å². The molecule has 8 rings (SSSR count). The van der Waals surface area contributed by atoms with E-state index in [-0.39, 0.29) is 41.2 Å². The van der Waals surface area contributed by atoms with Crippen molar-refractivity contribution >= 4 is 5.97 Å². The Morgan fingerprint density at radius 2 is 1.76 bits per heavy atom. The van der Waals surface area contributed by atoms with Gasteiger partial charge in [-0.1, -0.05) is 78.3 Å². The zero-order chi connectivity index (χ0) is 34.3. The molecule has 16 atom stereocenters. The highest BCUT2D eigenvalue weighted by molar-refractivity contribution is 5.89. The van der Waals surface area contributed by atoms with Gasteiger partial charge in [-0.2, -0.15) is 0 Å². The standard InChI is InChI=1S/C43H62O6/c1-8-35-26(3)27(4)38(48-39(44)29-12-10-9-11-13-29)40(47-35)46-31-17-19-41(6)30(22-31)14-15-32-33(41)18-20-42(7)34(32)23-36-37(42)28(5)43(49-36)21-16-25(2)24-45-43/h9-14,25-28,31-38,40H,8,15-24H2,1-7H3/t25-,26?,27?,28+,31+,32-,33+,34+,35?,36+,37+,38?,40-,41+,42+,43-/m1/s1. The molecule has 3 saturated carbocycles. The average Bonchev–Trinajstić information content (AvgIpc) is 3.55. The highest BCUT2D eigenvalue weighted by atomic mass is 16.7. The van der Waals surface area contributed by atoms with Crippen LogP contribution in [0.5, 0.6) is 0 Å². The van der Waals surface area contributed by atoms with E-state index in [0.29, 0.717) is 34.8 Å². The van der Waals surface area contributed by atoms with Gasteiger partial charge in [0.2, 0.25) is 0 Å². The van der Waals surface area contributed by atoms with Gasteiger partial charge in [0, 0.05) is 18.3 Å². The van der Waals surface area contributed by atoms with E-state index in [4.69, 9.17) is 23.7 Å². The van der Waals surface area contributed by atoms with E-state index in [9.17, 15) is 4.79 Å². The Morgan fingerprint density at radius 1 is 0.959 bits per heavy atom. The Hall–Kier alpha value is -1.73. The van der Waals surface area contributed by atoms with Crippen molar-refractivity contribution in [2.45, 2.75) is 149 Å². The third kappa shape index (κ3) is 5.51. The first kappa shape index (κ1) is 34.4. The Labute approximate surface area is 295 Å². The van der Waals surface area contributed by atoms with Crippen LogP contribution >= 0.6 is 0 Å². The number of ether oxygens (including phenoxy) is 5. The van der Waals surface area contributed by atoms with Crippen LogP contribution < -0.4 is 0 Å². The van der Waals surface area contributed by atoms with Gasteiger partial charge in [0.15, 0.2) is 18.2 Å². The monoisotopic (exact) mass is 674 g/mol. The third-order valence-corrected chi connectivity index (χ3v) is 15.8. The summed E-state index contributed by atoms with van der Waals surface area (Å²) in [6.45, 7) is 17.4. The molecule has 6 nitrogen and oxygen atoms in total. The largest absolute Gasteiger partial charge is 0.453 e. The topological polar surface area (TPSA) is 63.2 Å². The molecule has 6 heteroatoms. The molecule has 1 aromatic rings. The van der Waals surface area contributed by atoms with Crippen LogP contribution in [0.2, 0.25) is 0 Å². The van der Waals surface area contributed by atoms with Gasteiger partial charge >= 0.3 is 5.97 Å². The smallest absolute Gasteiger partial charge is 0.338 e. The number of hydrogen-bond acceptors (Lipinski definition) is 6. The van der Waals surface area contributed by atoms with Crippen LogP contribution in [0.1, 0.15) is 123 Å². The van der Waals surface area contributed by atoms with E-state index in [2.05, 4.69) is 54.5 Å². The number of allylic oxidation sites excluding steroid dienone is 1. The van der Waals surface area contributed by atoms with E-state index in [1.165, 1.54) is 32.1 Å². The molecule has 0 bridgehead atoms. The summed E-state index contributed by atoms with van der Waals surface area (Å²) in [6.07, 6.45) is 13.5. The lowest BCUT2D eigenvalue weighted by atomic mass is 9.47. The van der Waals surface area contributed by atoms with Crippen molar-refractivity contribution in [3.05, 3.63) is 47.5 Å². The number of esters is 1. The Morgan fingerprint density at radius 3 is 2.49 bits per heavy atom. The van der Waals surface area contributed by atoms with E-state index in [0.717, 1.165) is 56.5 Å². The highest BCUT2D eigenvalue weighted by Crippen LogP contribution is 2.70. The van der Waals surface area contributed by atoms with Gasteiger partial charge < -0.3 is 23.7 Å². The van der Waals surface area contributed by atoms with Crippen LogP contribution in [-0.4, -0.2) is 49.1 Å². The maximum atomic E-state index is 13.2. The molecule has 6 fully saturated rings. The molecule has 3 saturated heterocycles. The fourth-order valence-electron chi connectivity index (χ4n) is 12.7. The zero-order valence-electron chi connectivity index (χ0n) is 31.2. The van der Waals surface area contributed by atoms with E-state index >= 15 is 0 Å². The van der Waals surface area contributed by atoms with Crippen molar-refractivity contribution in [3.63, 3.8) is 0 Å². The molecule has 1 aromatic carbocycles. The molecule has 1 spiro atoms. The molecule has 7 aliphatic rings. The van der Waals surface area contributed by atoms with Crippen molar-refractivity contribution in [2.75, 3.05) is 6.61 Å². The first-order valence-corrected chi connectivity index (χ1v) is 20.1. The lowest BCUT2D eigenvalue weighted by Gasteiger charge is -2.58. The van der Waals surface area contributed by atoms with Crippen molar-refractivity contribution < 1.29 is 28.5 Å². The second kappa shape index (κ2) is 12.7. The molecule has 49 heavy (non-hydrogen) atoms. The molecular weight excluding hydrogens is 612 g/mol. The first-order valence-electron chi connectivity index (χ1n) is 20.1. The summed E-state index contributed by atoms with van der Waals surface area (Å²) in [5, 5.41) is 0. The van der Waals surface area contributed by atoms with Crippen LogP contribution in [0.4, 0.5) is 0 Å². The maximum Gasteiger partial charge on any atom is 0.338 e. The molecule has 0 aromatic heterocycles. The number of hydrogen-bond donors (Lipinski definition) is 0. The number of fused-ring (bicyclic) bond motifs is 7. The second-order valence-corrected chi connectivity index (χ2v) is 18.2. The van der Waals surface area contributed by atoms with E-state index < -0.39 is 12.4 Å². The van der Waals surface area contributed by atoms with Gasteiger partial charge in [-0.15, -0.1) is 0 Å². The molecule has 270 valence electrons. The molecule has 3 aliphatic heterocycles. The maximum absolute atomic E-state index is 13.2. The second-order valence-electron chi connectivity index (χ2n) is 18.2. The Bertz CT molecular complexity index is 1400. The summed E-state index contributed by atoms with van der Waals surface area (Å²) >= 11 is 0. The predicted molar refractivity (Wildman–Crippen MR) is 189 cm³/mol. The van der Waals surface area contributed by atoms with Gasteiger partial charge in [0.25, 0.3) is 0 Å². The summed E-state index contributed by atoms with van der Waals surface area (Å²) in [4.78, 5) is 13.2. The van der Waals surface area contributed by atoms with E-state index in [1.54, 1.807) is 5.57 Å². The fourth-order valence-corrected chi connectivity index (χ4v) is 12.7. The van der Waals surface area contributed by atoms with Gasteiger partial charge in [0.1, 0.15) is 0 Å². The minimum atomic E-state index is -0.551. The highest BCUT2D eigenvalue weighted by Gasteiger charge is 2.68. The van der Waals surface area contributed by atoms with Crippen LogP contribution in [0.15, 0.2) is 42.0 Å². The van der Waals surface area contributed by atoms with Gasteiger partial charge in [-0.3, -0.25) is 0 Å². The summed E-state index contributed by atoms with van der Waals surface area (Å²) < 4.78 is 33.3. The molecule has 3 heterocycles. The minimum Gasteiger partial charge on any atom is -0.453 e. The zero-order valence-corrected chi connectivity index (χ0v) is 31.2. The fraction of sp³-hybridized carbons (Fsp3) is 0.791.